The number of rotatable bonds is 6. The lowest BCUT2D eigenvalue weighted by Crippen LogP contribution is -2.06. The molecule has 0 fully saturated rings. The van der Waals surface area contributed by atoms with Gasteiger partial charge in [0.05, 0.1) is 26.9 Å². The van der Waals surface area contributed by atoms with Gasteiger partial charge in [-0.1, -0.05) is 0 Å². The molecule has 0 saturated carbocycles. The highest BCUT2D eigenvalue weighted by Crippen LogP contribution is 2.38. The van der Waals surface area contributed by atoms with Gasteiger partial charge in [0.25, 0.3) is 0 Å². The molecule has 0 unspecified atom stereocenters. The summed E-state index contributed by atoms with van der Waals surface area (Å²) in [7, 11) is 7.84. The van der Waals surface area contributed by atoms with Gasteiger partial charge < -0.3 is 23.7 Å². The SMILES string of the molecule is COc1cc(OC)c(C(OC)OC)cc1OC. The molecular formula is C12H18O5. The van der Waals surface area contributed by atoms with Crippen LogP contribution in [0.3, 0.4) is 0 Å². The first-order valence-electron chi connectivity index (χ1n) is 5.07. The summed E-state index contributed by atoms with van der Waals surface area (Å²) in [4.78, 5) is 0. The molecule has 0 aliphatic carbocycles. The minimum atomic E-state index is -0.509. The van der Waals surface area contributed by atoms with E-state index in [1.165, 1.54) is 0 Å². The predicted molar refractivity (Wildman–Crippen MR) is 62.9 cm³/mol. The average Bonchev–Trinajstić information content (AvgIpc) is 2.39. The van der Waals surface area contributed by atoms with Crippen LogP contribution in [0.25, 0.3) is 0 Å². The molecule has 0 saturated heterocycles. The Kier molecular flexibility index (Phi) is 5.06. The van der Waals surface area contributed by atoms with Crippen molar-refractivity contribution in [2.24, 2.45) is 0 Å². The zero-order valence-electron chi connectivity index (χ0n) is 10.8. The lowest BCUT2D eigenvalue weighted by atomic mass is 10.1. The molecule has 0 aliphatic heterocycles. The van der Waals surface area contributed by atoms with E-state index in [1.54, 1.807) is 47.7 Å². The summed E-state index contributed by atoms with van der Waals surface area (Å²) in [6.07, 6.45) is -0.509. The Labute approximate surface area is 101 Å². The molecule has 5 nitrogen and oxygen atoms in total. The second-order valence-electron chi connectivity index (χ2n) is 3.25. The quantitative estimate of drug-likeness (QED) is 0.714. The van der Waals surface area contributed by atoms with Crippen molar-refractivity contribution in [3.8, 4) is 17.2 Å². The van der Waals surface area contributed by atoms with Gasteiger partial charge >= 0.3 is 0 Å². The normalized spacial score (nSPS) is 10.5. The Balaban J connectivity index is 3.27. The van der Waals surface area contributed by atoms with Crippen molar-refractivity contribution < 1.29 is 23.7 Å². The Morgan fingerprint density at radius 1 is 0.706 bits per heavy atom. The first-order chi connectivity index (χ1) is 8.21. The molecule has 0 N–H and O–H groups in total. The summed E-state index contributed by atoms with van der Waals surface area (Å²) in [6, 6.07) is 3.51. The second kappa shape index (κ2) is 6.32. The van der Waals surface area contributed by atoms with Crippen LogP contribution < -0.4 is 14.2 Å². The van der Waals surface area contributed by atoms with E-state index in [9.17, 15) is 0 Å². The van der Waals surface area contributed by atoms with Crippen molar-refractivity contribution in [3.63, 3.8) is 0 Å². The van der Waals surface area contributed by atoms with Crippen LogP contribution in [-0.2, 0) is 9.47 Å². The number of benzene rings is 1. The van der Waals surface area contributed by atoms with Crippen LogP contribution in [0.15, 0.2) is 12.1 Å². The maximum atomic E-state index is 5.28. The summed E-state index contributed by atoms with van der Waals surface area (Å²) < 4.78 is 26.1. The van der Waals surface area contributed by atoms with Crippen LogP contribution >= 0.6 is 0 Å². The molecular weight excluding hydrogens is 224 g/mol. The molecule has 0 spiro atoms. The molecule has 0 heterocycles. The monoisotopic (exact) mass is 242 g/mol. The van der Waals surface area contributed by atoms with Crippen LogP contribution in [0.4, 0.5) is 0 Å². The van der Waals surface area contributed by atoms with E-state index in [1.807, 2.05) is 0 Å². The van der Waals surface area contributed by atoms with Crippen LogP contribution in [0, 0.1) is 0 Å². The predicted octanol–water partition coefficient (Wildman–Crippen LogP) is 2.00. The number of hydrogen-bond donors (Lipinski definition) is 0. The molecule has 5 heteroatoms. The molecule has 0 bridgehead atoms. The summed E-state index contributed by atoms with van der Waals surface area (Å²) in [5.74, 6) is 1.82. The topological polar surface area (TPSA) is 46.2 Å². The smallest absolute Gasteiger partial charge is 0.186 e. The molecule has 0 atom stereocenters. The summed E-state index contributed by atoms with van der Waals surface area (Å²) in [5, 5.41) is 0. The van der Waals surface area contributed by atoms with Gasteiger partial charge in [-0.2, -0.15) is 0 Å². The van der Waals surface area contributed by atoms with E-state index in [-0.39, 0.29) is 0 Å². The maximum absolute atomic E-state index is 5.28. The molecule has 17 heavy (non-hydrogen) atoms. The van der Waals surface area contributed by atoms with Crippen molar-refractivity contribution in [1.82, 2.24) is 0 Å². The zero-order valence-corrected chi connectivity index (χ0v) is 10.8. The lowest BCUT2D eigenvalue weighted by molar-refractivity contribution is -0.107. The molecule has 0 radical (unpaired) electrons. The largest absolute Gasteiger partial charge is 0.496 e. The third-order valence-electron chi connectivity index (χ3n) is 2.42. The zero-order chi connectivity index (χ0) is 12.8. The van der Waals surface area contributed by atoms with Crippen molar-refractivity contribution in [1.29, 1.82) is 0 Å². The van der Waals surface area contributed by atoms with Crippen LogP contribution in [-0.4, -0.2) is 35.5 Å². The minimum absolute atomic E-state index is 0.509. The standard InChI is InChI=1S/C12H18O5/c1-13-9-7-11(15-3)10(14-2)6-8(9)12(16-4)17-5/h6-7,12H,1-5H3. The first-order valence-corrected chi connectivity index (χ1v) is 5.07. The lowest BCUT2D eigenvalue weighted by Gasteiger charge is -2.19. The van der Waals surface area contributed by atoms with Gasteiger partial charge in [-0.15, -0.1) is 0 Å². The van der Waals surface area contributed by atoms with Crippen LogP contribution in [0.1, 0.15) is 11.9 Å². The van der Waals surface area contributed by atoms with Gasteiger partial charge in [0, 0.05) is 20.3 Å². The van der Waals surface area contributed by atoms with Crippen molar-refractivity contribution >= 4 is 0 Å². The van der Waals surface area contributed by atoms with Gasteiger partial charge in [-0.05, 0) is 6.07 Å². The van der Waals surface area contributed by atoms with Gasteiger partial charge in [0.2, 0.25) is 0 Å². The van der Waals surface area contributed by atoms with E-state index >= 15 is 0 Å². The fourth-order valence-corrected chi connectivity index (χ4v) is 1.59. The highest BCUT2D eigenvalue weighted by atomic mass is 16.7. The molecule has 1 aromatic carbocycles. The third-order valence-corrected chi connectivity index (χ3v) is 2.42. The Hall–Kier alpha value is -1.46. The second-order valence-corrected chi connectivity index (χ2v) is 3.25. The fraction of sp³-hybridized carbons (Fsp3) is 0.500. The van der Waals surface area contributed by atoms with E-state index < -0.39 is 6.29 Å². The Morgan fingerprint density at radius 3 is 1.59 bits per heavy atom. The molecule has 1 aromatic rings. The van der Waals surface area contributed by atoms with Crippen molar-refractivity contribution in [3.05, 3.63) is 17.7 Å². The first kappa shape index (κ1) is 13.6. The van der Waals surface area contributed by atoms with E-state index in [0.29, 0.717) is 17.2 Å². The van der Waals surface area contributed by atoms with Crippen LogP contribution in [0.5, 0.6) is 17.2 Å². The van der Waals surface area contributed by atoms with Gasteiger partial charge in [0.1, 0.15) is 5.75 Å². The van der Waals surface area contributed by atoms with Gasteiger partial charge in [-0.25, -0.2) is 0 Å². The summed E-state index contributed by atoms with van der Waals surface area (Å²) in [6.45, 7) is 0. The highest BCUT2D eigenvalue weighted by Gasteiger charge is 2.19. The molecule has 0 aliphatic rings. The average molecular weight is 242 g/mol. The van der Waals surface area contributed by atoms with Crippen molar-refractivity contribution in [2.75, 3.05) is 35.5 Å². The molecule has 0 aromatic heterocycles. The molecule has 0 amide bonds. The van der Waals surface area contributed by atoms with Crippen LogP contribution in [0.2, 0.25) is 0 Å². The third kappa shape index (κ3) is 2.81. The van der Waals surface area contributed by atoms with Crippen molar-refractivity contribution in [2.45, 2.75) is 6.29 Å². The molecule has 1 rings (SSSR count). The number of methoxy groups -OCH3 is 5. The Morgan fingerprint density at radius 2 is 1.18 bits per heavy atom. The highest BCUT2D eigenvalue weighted by molar-refractivity contribution is 5.51. The van der Waals surface area contributed by atoms with Gasteiger partial charge in [0.15, 0.2) is 17.8 Å². The number of ether oxygens (including phenoxy) is 5. The Bertz CT molecular complexity index is 360. The maximum Gasteiger partial charge on any atom is 0.186 e. The number of hydrogen-bond acceptors (Lipinski definition) is 5. The van der Waals surface area contributed by atoms with E-state index in [0.717, 1.165) is 5.56 Å². The molecule has 96 valence electrons. The van der Waals surface area contributed by atoms with Gasteiger partial charge in [-0.3, -0.25) is 0 Å². The summed E-state index contributed by atoms with van der Waals surface area (Å²) >= 11 is 0. The van der Waals surface area contributed by atoms with E-state index in [4.69, 9.17) is 23.7 Å². The summed E-state index contributed by atoms with van der Waals surface area (Å²) in [5.41, 5.74) is 0.746. The van der Waals surface area contributed by atoms with E-state index in [2.05, 4.69) is 0 Å². The minimum Gasteiger partial charge on any atom is -0.496 e. The fourth-order valence-electron chi connectivity index (χ4n) is 1.59.